The second kappa shape index (κ2) is 10.9. The van der Waals surface area contributed by atoms with Crippen molar-refractivity contribution < 1.29 is 22.4 Å². The molecule has 7 nitrogen and oxygen atoms in total. The van der Waals surface area contributed by atoms with E-state index in [2.05, 4.69) is 5.32 Å². The first kappa shape index (κ1) is 24.9. The Labute approximate surface area is 194 Å². The van der Waals surface area contributed by atoms with Gasteiger partial charge in [0.05, 0.1) is 11.4 Å². The van der Waals surface area contributed by atoms with Gasteiger partial charge in [-0.25, -0.2) is 12.8 Å². The molecule has 1 atom stereocenters. The van der Waals surface area contributed by atoms with Crippen LogP contribution in [0.15, 0.2) is 53.4 Å². The van der Waals surface area contributed by atoms with E-state index in [1.54, 1.807) is 43.3 Å². The minimum absolute atomic E-state index is 0.160. The van der Waals surface area contributed by atoms with Gasteiger partial charge in [-0.1, -0.05) is 36.2 Å². The highest BCUT2D eigenvalue weighted by Gasteiger charge is 2.39. The van der Waals surface area contributed by atoms with E-state index < -0.39 is 16.1 Å². The third kappa shape index (κ3) is 6.17. The molecule has 2 amide bonds. The van der Waals surface area contributed by atoms with E-state index >= 15 is 0 Å². The lowest BCUT2D eigenvalue weighted by Gasteiger charge is -2.36. The van der Waals surface area contributed by atoms with Gasteiger partial charge in [-0.2, -0.15) is 4.31 Å². The molecule has 0 bridgehead atoms. The highest BCUT2D eigenvalue weighted by molar-refractivity contribution is 7.89. The summed E-state index contributed by atoms with van der Waals surface area (Å²) in [5.41, 5.74) is 1.69. The molecule has 178 valence electrons. The van der Waals surface area contributed by atoms with E-state index in [9.17, 15) is 22.4 Å². The SMILES string of the molecule is CCN(CC(=O)NCc1ccc(F)cc1)C(=O)[C@@H]1CCCCN1S(=O)(=O)c1ccc(C)cc1. The summed E-state index contributed by atoms with van der Waals surface area (Å²) in [5.74, 6) is -1.09. The van der Waals surface area contributed by atoms with Gasteiger partial charge in [0.15, 0.2) is 0 Å². The van der Waals surface area contributed by atoms with Crippen molar-refractivity contribution in [1.82, 2.24) is 14.5 Å². The summed E-state index contributed by atoms with van der Waals surface area (Å²) in [6.45, 7) is 4.21. The lowest BCUT2D eigenvalue weighted by molar-refractivity contribution is -0.139. The minimum Gasteiger partial charge on any atom is -0.350 e. The molecule has 1 fully saturated rings. The minimum atomic E-state index is -3.84. The first-order valence-corrected chi connectivity index (χ1v) is 12.5. The predicted molar refractivity (Wildman–Crippen MR) is 123 cm³/mol. The molecule has 1 N–H and O–H groups in total. The van der Waals surface area contributed by atoms with Crippen molar-refractivity contribution in [2.45, 2.75) is 50.6 Å². The Hall–Kier alpha value is -2.78. The van der Waals surface area contributed by atoms with Crippen LogP contribution in [-0.2, 0) is 26.2 Å². The number of amides is 2. The highest BCUT2D eigenvalue weighted by Crippen LogP contribution is 2.27. The summed E-state index contributed by atoms with van der Waals surface area (Å²) in [6.07, 6.45) is 1.83. The van der Waals surface area contributed by atoms with Gasteiger partial charge in [0, 0.05) is 19.6 Å². The molecule has 1 aliphatic heterocycles. The van der Waals surface area contributed by atoms with E-state index in [0.717, 1.165) is 17.5 Å². The van der Waals surface area contributed by atoms with Crippen LogP contribution in [0.3, 0.4) is 0 Å². The van der Waals surface area contributed by atoms with Crippen molar-refractivity contribution in [2.75, 3.05) is 19.6 Å². The normalized spacial score (nSPS) is 16.9. The number of sulfonamides is 1. The molecular formula is C24H30FN3O4S. The van der Waals surface area contributed by atoms with Crippen molar-refractivity contribution in [3.8, 4) is 0 Å². The number of benzene rings is 2. The molecular weight excluding hydrogens is 445 g/mol. The van der Waals surface area contributed by atoms with Crippen molar-refractivity contribution in [2.24, 2.45) is 0 Å². The summed E-state index contributed by atoms with van der Waals surface area (Å²) < 4.78 is 40.9. The molecule has 0 radical (unpaired) electrons. The average Bonchev–Trinajstić information content (AvgIpc) is 2.82. The Bertz CT molecular complexity index is 1070. The van der Waals surface area contributed by atoms with Gasteiger partial charge in [-0.3, -0.25) is 9.59 Å². The summed E-state index contributed by atoms with van der Waals surface area (Å²) in [6, 6.07) is 11.5. The maximum absolute atomic E-state index is 13.3. The van der Waals surface area contributed by atoms with Crippen LogP contribution >= 0.6 is 0 Å². The van der Waals surface area contributed by atoms with Crippen LogP contribution in [0.1, 0.15) is 37.3 Å². The lowest BCUT2D eigenvalue weighted by atomic mass is 10.0. The van der Waals surface area contributed by atoms with Gasteiger partial charge in [-0.05, 0) is 56.5 Å². The molecule has 1 aliphatic rings. The fourth-order valence-electron chi connectivity index (χ4n) is 3.87. The predicted octanol–water partition coefficient (Wildman–Crippen LogP) is 2.84. The lowest BCUT2D eigenvalue weighted by Crippen LogP contribution is -2.54. The quantitative estimate of drug-likeness (QED) is 0.636. The summed E-state index contributed by atoms with van der Waals surface area (Å²) >= 11 is 0. The van der Waals surface area contributed by atoms with Gasteiger partial charge in [0.2, 0.25) is 21.8 Å². The zero-order valence-electron chi connectivity index (χ0n) is 19.0. The third-order valence-electron chi connectivity index (χ3n) is 5.80. The van der Waals surface area contributed by atoms with Crippen molar-refractivity contribution in [1.29, 1.82) is 0 Å². The molecule has 33 heavy (non-hydrogen) atoms. The van der Waals surface area contributed by atoms with E-state index in [-0.39, 0.29) is 48.7 Å². The van der Waals surface area contributed by atoms with Crippen molar-refractivity contribution in [3.05, 3.63) is 65.5 Å². The maximum atomic E-state index is 13.3. The standard InChI is InChI=1S/C24H30FN3O4S/c1-3-27(17-23(29)26-16-19-9-11-20(25)12-10-19)24(30)22-6-4-5-15-28(22)33(31,32)21-13-7-18(2)8-14-21/h7-14,22H,3-6,15-17H2,1-2H3,(H,26,29)/t22-/m0/s1. The molecule has 2 aromatic carbocycles. The Kier molecular flexibility index (Phi) is 8.20. The van der Waals surface area contributed by atoms with Crippen LogP contribution in [0.2, 0.25) is 0 Å². The molecule has 0 spiro atoms. The summed E-state index contributed by atoms with van der Waals surface area (Å²) in [7, 11) is -3.84. The van der Waals surface area contributed by atoms with Crippen LogP contribution in [0, 0.1) is 12.7 Å². The monoisotopic (exact) mass is 475 g/mol. The van der Waals surface area contributed by atoms with Crippen LogP contribution in [0.25, 0.3) is 0 Å². The number of aryl methyl sites for hydroxylation is 1. The van der Waals surface area contributed by atoms with Gasteiger partial charge in [0.25, 0.3) is 0 Å². The number of carbonyl (C=O) groups is 2. The number of likely N-dealkylation sites (N-methyl/N-ethyl adjacent to an activating group) is 1. The second-order valence-corrected chi connectivity index (χ2v) is 10.1. The number of nitrogens with zero attached hydrogens (tertiary/aromatic N) is 2. The van der Waals surface area contributed by atoms with Crippen LogP contribution in [-0.4, -0.2) is 55.1 Å². The number of halogens is 1. The fraction of sp³-hybridized carbons (Fsp3) is 0.417. The van der Waals surface area contributed by atoms with Crippen LogP contribution in [0.5, 0.6) is 0 Å². The molecule has 1 heterocycles. The smallest absolute Gasteiger partial charge is 0.243 e. The number of nitrogens with one attached hydrogen (secondary N) is 1. The number of piperidine rings is 1. The fourth-order valence-corrected chi connectivity index (χ4v) is 5.52. The summed E-state index contributed by atoms with van der Waals surface area (Å²) in [5, 5.41) is 2.73. The van der Waals surface area contributed by atoms with Gasteiger partial charge < -0.3 is 10.2 Å². The molecule has 9 heteroatoms. The number of rotatable bonds is 8. The topological polar surface area (TPSA) is 86.8 Å². The van der Waals surface area contributed by atoms with Crippen LogP contribution in [0.4, 0.5) is 4.39 Å². The molecule has 0 aromatic heterocycles. The zero-order chi connectivity index (χ0) is 24.0. The number of carbonyl (C=O) groups excluding carboxylic acids is 2. The Morgan fingerprint density at radius 3 is 2.39 bits per heavy atom. The molecule has 0 saturated carbocycles. The number of hydrogen-bond donors (Lipinski definition) is 1. The summed E-state index contributed by atoms with van der Waals surface area (Å²) in [4.78, 5) is 27.3. The first-order valence-electron chi connectivity index (χ1n) is 11.1. The van der Waals surface area contributed by atoms with E-state index in [4.69, 9.17) is 0 Å². The van der Waals surface area contributed by atoms with Gasteiger partial charge in [0.1, 0.15) is 11.9 Å². The molecule has 2 aromatic rings. The Morgan fingerprint density at radius 2 is 1.76 bits per heavy atom. The van der Waals surface area contributed by atoms with Crippen molar-refractivity contribution >= 4 is 21.8 Å². The molecule has 0 unspecified atom stereocenters. The van der Waals surface area contributed by atoms with E-state index in [1.165, 1.54) is 21.3 Å². The first-order chi connectivity index (χ1) is 15.7. The zero-order valence-corrected chi connectivity index (χ0v) is 19.8. The van der Waals surface area contributed by atoms with E-state index in [1.807, 2.05) is 6.92 Å². The number of hydrogen-bond acceptors (Lipinski definition) is 4. The second-order valence-electron chi connectivity index (χ2n) is 8.20. The largest absolute Gasteiger partial charge is 0.350 e. The molecule has 0 aliphatic carbocycles. The Morgan fingerprint density at radius 1 is 1.09 bits per heavy atom. The highest BCUT2D eigenvalue weighted by atomic mass is 32.2. The molecule has 1 saturated heterocycles. The van der Waals surface area contributed by atoms with Crippen molar-refractivity contribution in [3.63, 3.8) is 0 Å². The van der Waals surface area contributed by atoms with Crippen LogP contribution < -0.4 is 5.32 Å². The average molecular weight is 476 g/mol. The van der Waals surface area contributed by atoms with Gasteiger partial charge >= 0.3 is 0 Å². The Balaban J connectivity index is 1.69. The third-order valence-corrected chi connectivity index (χ3v) is 7.72. The maximum Gasteiger partial charge on any atom is 0.243 e. The van der Waals surface area contributed by atoms with E-state index in [0.29, 0.717) is 12.8 Å². The van der Waals surface area contributed by atoms with Gasteiger partial charge in [-0.15, -0.1) is 0 Å². The molecule has 3 rings (SSSR count).